The molecule has 4 heteroatoms. The number of aliphatic hydroxyl groups excluding tert-OH is 1. The molecule has 0 atom stereocenters. The fourth-order valence-corrected chi connectivity index (χ4v) is 7.94. The average molecular weight is 563 g/mol. The highest BCUT2D eigenvalue weighted by Crippen LogP contribution is 2.48. The predicted molar refractivity (Wildman–Crippen MR) is 177 cm³/mol. The first-order valence-electron chi connectivity index (χ1n) is 15.9. The van der Waals surface area contributed by atoms with Crippen LogP contribution in [0.15, 0.2) is 95.4 Å². The van der Waals surface area contributed by atoms with Crippen molar-refractivity contribution in [2.24, 2.45) is 5.92 Å². The third-order valence-electron chi connectivity index (χ3n) is 10.5. The first-order chi connectivity index (χ1) is 20.1. The van der Waals surface area contributed by atoms with Crippen LogP contribution in [0.4, 0.5) is 11.4 Å². The first-order valence-corrected chi connectivity index (χ1v) is 15.9. The molecule has 1 aliphatic carbocycles. The van der Waals surface area contributed by atoms with Crippen molar-refractivity contribution in [2.45, 2.75) is 70.6 Å². The third kappa shape index (κ3) is 4.78. The summed E-state index contributed by atoms with van der Waals surface area (Å²) >= 11 is 0. The Kier molecular flexibility index (Phi) is 7.55. The van der Waals surface area contributed by atoms with Crippen LogP contribution in [0.5, 0.6) is 0 Å². The Morgan fingerprint density at radius 1 is 0.738 bits per heavy atom. The number of rotatable bonds is 3. The van der Waals surface area contributed by atoms with Crippen molar-refractivity contribution in [3.05, 3.63) is 107 Å². The van der Waals surface area contributed by atoms with E-state index in [9.17, 15) is 5.11 Å². The van der Waals surface area contributed by atoms with Crippen LogP contribution >= 0.6 is 0 Å². The number of benzene rings is 2. The topological polar surface area (TPSA) is 29.7 Å². The minimum Gasteiger partial charge on any atom is -0.396 e. The zero-order chi connectivity index (χ0) is 29.6. The van der Waals surface area contributed by atoms with E-state index in [1.807, 2.05) is 0 Å². The second-order valence-corrected chi connectivity index (χ2v) is 13.7. The van der Waals surface area contributed by atoms with Crippen LogP contribution in [-0.4, -0.2) is 49.2 Å². The molecule has 1 N–H and O–H groups in total. The van der Waals surface area contributed by atoms with E-state index in [2.05, 4.69) is 129 Å². The summed E-state index contributed by atoms with van der Waals surface area (Å²) in [5.41, 5.74) is 12.4. The van der Waals surface area contributed by atoms with E-state index in [4.69, 9.17) is 0 Å². The van der Waals surface area contributed by atoms with Gasteiger partial charge in [-0.25, -0.2) is 4.58 Å². The van der Waals surface area contributed by atoms with Crippen molar-refractivity contribution in [1.29, 1.82) is 0 Å². The summed E-state index contributed by atoms with van der Waals surface area (Å²) in [6, 6.07) is 17.6. The molecule has 0 aromatic heterocycles. The van der Waals surface area contributed by atoms with Crippen LogP contribution in [-0.2, 0) is 10.8 Å². The Balaban J connectivity index is 1.41. The van der Waals surface area contributed by atoms with Crippen molar-refractivity contribution in [1.82, 2.24) is 0 Å². The Labute approximate surface area is 253 Å². The van der Waals surface area contributed by atoms with Gasteiger partial charge in [-0.3, -0.25) is 0 Å². The minimum atomic E-state index is -0.0343. The largest absolute Gasteiger partial charge is 0.396 e. The first kappa shape index (κ1) is 28.7. The molecule has 1 saturated heterocycles. The summed E-state index contributed by atoms with van der Waals surface area (Å²) in [5, 5.41) is 9.83. The number of aliphatic hydroxyl groups is 1. The fraction of sp³-hybridized carbons (Fsp3) is 0.447. The number of hydrogen-bond donors (Lipinski definition) is 1. The SMILES string of the molecule is CN1/C(=C/C=C2\CCC/C(=C\C=C3\N(C)c4ccccc4C3(C)C)C2=[N+]2CCC(CO)CC2)C(C)(C)c2ccccc21. The number of hydrogen-bond acceptors (Lipinski definition) is 3. The van der Waals surface area contributed by atoms with Crippen LogP contribution in [0.1, 0.15) is 70.9 Å². The van der Waals surface area contributed by atoms with Crippen molar-refractivity contribution in [2.75, 3.05) is 43.6 Å². The molecule has 2 aromatic rings. The number of allylic oxidation sites excluding steroid dienone is 8. The lowest BCUT2D eigenvalue weighted by molar-refractivity contribution is -0.540. The Bertz CT molecular complexity index is 1420. The molecule has 6 rings (SSSR count). The van der Waals surface area contributed by atoms with Gasteiger partial charge in [0.1, 0.15) is 13.1 Å². The highest BCUT2D eigenvalue weighted by Gasteiger charge is 2.39. The molecule has 1 saturated carbocycles. The standard InChI is InChI=1S/C38H48N3O/c1-37(2)30-14-7-9-16-32(30)39(5)34(37)20-18-28-12-11-13-29(36(28)41-24-22-27(26-42)23-25-41)19-21-35-38(3,4)31-15-8-10-17-33(31)40(35)6/h7-10,14-21,27,42H,11-13,22-26H2,1-6H3/q+1. The lowest BCUT2D eigenvalue weighted by atomic mass is 9.82. The lowest BCUT2D eigenvalue weighted by Gasteiger charge is -2.26. The summed E-state index contributed by atoms with van der Waals surface area (Å²) in [6.07, 6.45) is 15.1. The molecule has 4 nitrogen and oxygen atoms in total. The van der Waals surface area contributed by atoms with Crippen LogP contribution in [0, 0.1) is 5.92 Å². The number of likely N-dealkylation sites (N-methyl/N-ethyl adjacent to an activating group) is 2. The van der Waals surface area contributed by atoms with Crippen LogP contribution in [0.3, 0.4) is 0 Å². The number of anilines is 2. The van der Waals surface area contributed by atoms with E-state index in [-0.39, 0.29) is 10.8 Å². The molecule has 0 amide bonds. The van der Waals surface area contributed by atoms with Gasteiger partial charge in [0.15, 0.2) is 0 Å². The van der Waals surface area contributed by atoms with Gasteiger partial charge in [-0.15, -0.1) is 0 Å². The minimum absolute atomic E-state index is 0.0343. The average Bonchev–Trinajstić information content (AvgIpc) is 3.32. The number of para-hydroxylation sites is 2. The maximum Gasteiger partial charge on any atom is 0.206 e. The molecule has 2 aromatic carbocycles. The zero-order valence-corrected chi connectivity index (χ0v) is 26.5. The molecule has 42 heavy (non-hydrogen) atoms. The summed E-state index contributed by atoms with van der Waals surface area (Å²) in [6.45, 7) is 11.7. The molecule has 4 aliphatic rings. The highest BCUT2D eigenvalue weighted by molar-refractivity contribution is 6.10. The van der Waals surface area contributed by atoms with Gasteiger partial charge in [-0.05, 0) is 60.6 Å². The molecule has 2 fully saturated rings. The summed E-state index contributed by atoms with van der Waals surface area (Å²) in [4.78, 5) is 4.75. The van der Waals surface area contributed by atoms with Gasteiger partial charge in [-0.1, -0.05) is 76.2 Å². The number of piperidine rings is 1. The molecule has 0 spiro atoms. The zero-order valence-electron chi connectivity index (χ0n) is 26.5. The third-order valence-corrected chi connectivity index (χ3v) is 10.5. The van der Waals surface area contributed by atoms with Crippen molar-refractivity contribution in [3.63, 3.8) is 0 Å². The highest BCUT2D eigenvalue weighted by atomic mass is 16.3. The summed E-state index contributed by atoms with van der Waals surface area (Å²) < 4.78 is 2.62. The lowest BCUT2D eigenvalue weighted by Crippen LogP contribution is -2.35. The van der Waals surface area contributed by atoms with E-state index in [1.54, 1.807) is 0 Å². The Hall–Kier alpha value is -3.37. The summed E-state index contributed by atoms with van der Waals surface area (Å²) in [5.74, 6) is 0.424. The van der Waals surface area contributed by atoms with Gasteiger partial charge in [0.25, 0.3) is 0 Å². The molecular formula is C38H48N3O+. The van der Waals surface area contributed by atoms with Gasteiger partial charge < -0.3 is 14.9 Å². The smallest absolute Gasteiger partial charge is 0.206 e. The van der Waals surface area contributed by atoms with Crippen LogP contribution in [0.25, 0.3) is 0 Å². The molecule has 220 valence electrons. The maximum atomic E-state index is 9.83. The van der Waals surface area contributed by atoms with Gasteiger partial charge in [-0.2, -0.15) is 0 Å². The molecule has 3 heterocycles. The van der Waals surface area contributed by atoms with Crippen LogP contribution in [0.2, 0.25) is 0 Å². The van der Waals surface area contributed by atoms with E-state index < -0.39 is 0 Å². The van der Waals surface area contributed by atoms with E-state index in [1.165, 1.54) is 57.2 Å². The molecule has 0 radical (unpaired) electrons. The predicted octanol–water partition coefficient (Wildman–Crippen LogP) is 7.50. The Morgan fingerprint density at radius 3 is 1.62 bits per heavy atom. The van der Waals surface area contributed by atoms with Gasteiger partial charge in [0.05, 0.1) is 0 Å². The normalized spacial score (nSPS) is 27.0. The second-order valence-electron chi connectivity index (χ2n) is 13.7. The number of nitrogens with zero attached hydrogens (tertiary/aromatic N) is 3. The van der Waals surface area contributed by atoms with Crippen molar-refractivity contribution >= 4 is 17.1 Å². The summed E-state index contributed by atoms with van der Waals surface area (Å²) in [7, 11) is 4.41. The van der Waals surface area contributed by atoms with Crippen molar-refractivity contribution in [3.8, 4) is 0 Å². The van der Waals surface area contributed by atoms with E-state index in [0.29, 0.717) is 12.5 Å². The monoisotopic (exact) mass is 562 g/mol. The van der Waals surface area contributed by atoms with Gasteiger partial charge >= 0.3 is 0 Å². The van der Waals surface area contributed by atoms with Gasteiger partial charge in [0, 0.05) is 78.3 Å². The maximum absolute atomic E-state index is 9.83. The molecule has 0 bridgehead atoms. The number of fused-ring (bicyclic) bond motifs is 2. The van der Waals surface area contributed by atoms with E-state index >= 15 is 0 Å². The van der Waals surface area contributed by atoms with Crippen molar-refractivity contribution < 1.29 is 9.68 Å². The van der Waals surface area contributed by atoms with Crippen LogP contribution < -0.4 is 9.80 Å². The molecular weight excluding hydrogens is 514 g/mol. The quantitative estimate of drug-likeness (QED) is 0.393. The molecule has 0 unspecified atom stereocenters. The molecule has 3 aliphatic heterocycles. The van der Waals surface area contributed by atoms with E-state index in [0.717, 1.165) is 38.8 Å². The Morgan fingerprint density at radius 2 is 1.19 bits per heavy atom. The van der Waals surface area contributed by atoms with Gasteiger partial charge in [0.2, 0.25) is 5.71 Å². The fourth-order valence-electron chi connectivity index (χ4n) is 7.94. The second kappa shape index (κ2) is 11.0.